The molecule has 0 aliphatic carbocycles. The number of thiazole rings is 1. The van der Waals surface area contributed by atoms with Crippen LogP contribution in [0.4, 0.5) is 0 Å². The second kappa shape index (κ2) is 5.76. The number of aryl methyl sites for hydroxylation is 2. The van der Waals surface area contributed by atoms with E-state index < -0.39 is 6.10 Å². The maximum Gasteiger partial charge on any atom is 0.270 e. The molecule has 1 unspecified atom stereocenters. The molecule has 6 heteroatoms. The fourth-order valence-corrected chi connectivity index (χ4v) is 2.71. The van der Waals surface area contributed by atoms with Gasteiger partial charge in [-0.25, -0.2) is 4.98 Å². The Morgan fingerprint density at radius 3 is 2.85 bits per heavy atom. The first-order valence-electron chi connectivity index (χ1n) is 6.41. The van der Waals surface area contributed by atoms with Crippen molar-refractivity contribution < 1.29 is 9.90 Å². The van der Waals surface area contributed by atoms with Gasteiger partial charge in [0.05, 0.1) is 16.8 Å². The van der Waals surface area contributed by atoms with Gasteiger partial charge in [0, 0.05) is 37.8 Å². The van der Waals surface area contributed by atoms with Crippen molar-refractivity contribution in [3.8, 4) is 11.3 Å². The lowest BCUT2D eigenvalue weighted by atomic mass is 10.2. The van der Waals surface area contributed by atoms with Crippen molar-refractivity contribution in [2.24, 2.45) is 7.05 Å². The third kappa shape index (κ3) is 3.08. The standard InChI is InChI=1S/C14H19N3O2S/c1-9(18)6-17(4)14(19)13-5-11(7-16(13)3)12-8-20-10(2)15-12/h5,7-9,18H,6H2,1-4H3. The molecule has 108 valence electrons. The van der Waals surface area contributed by atoms with Crippen LogP contribution >= 0.6 is 11.3 Å². The van der Waals surface area contributed by atoms with E-state index in [4.69, 9.17) is 0 Å². The number of aromatic nitrogens is 2. The van der Waals surface area contributed by atoms with Crippen LogP contribution < -0.4 is 0 Å². The second-order valence-electron chi connectivity index (χ2n) is 5.01. The van der Waals surface area contributed by atoms with Crippen molar-refractivity contribution in [3.05, 3.63) is 28.3 Å². The number of rotatable bonds is 4. The zero-order chi connectivity index (χ0) is 14.9. The van der Waals surface area contributed by atoms with E-state index in [1.165, 1.54) is 4.90 Å². The molecule has 1 N–H and O–H groups in total. The zero-order valence-electron chi connectivity index (χ0n) is 12.1. The Balaban J connectivity index is 2.25. The van der Waals surface area contributed by atoms with Gasteiger partial charge in [-0.2, -0.15) is 0 Å². The highest BCUT2D eigenvalue weighted by Crippen LogP contribution is 2.24. The van der Waals surface area contributed by atoms with Gasteiger partial charge in [0.1, 0.15) is 5.69 Å². The van der Waals surface area contributed by atoms with Gasteiger partial charge in [-0.3, -0.25) is 4.79 Å². The summed E-state index contributed by atoms with van der Waals surface area (Å²) in [5.41, 5.74) is 2.42. The minimum atomic E-state index is -0.537. The molecule has 0 aliphatic rings. The van der Waals surface area contributed by atoms with Crippen molar-refractivity contribution >= 4 is 17.2 Å². The molecule has 0 saturated heterocycles. The van der Waals surface area contributed by atoms with Crippen LogP contribution in [0.3, 0.4) is 0 Å². The van der Waals surface area contributed by atoms with E-state index in [1.807, 2.05) is 31.6 Å². The molecular weight excluding hydrogens is 274 g/mol. The molecule has 0 bridgehead atoms. The number of likely N-dealkylation sites (N-methyl/N-ethyl adjacent to an activating group) is 1. The average Bonchev–Trinajstić information content (AvgIpc) is 2.93. The molecule has 0 saturated carbocycles. The van der Waals surface area contributed by atoms with E-state index in [0.29, 0.717) is 12.2 Å². The van der Waals surface area contributed by atoms with Gasteiger partial charge in [0.2, 0.25) is 0 Å². The van der Waals surface area contributed by atoms with Crippen LogP contribution in [0.1, 0.15) is 22.4 Å². The molecule has 5 nitrogen and oxygen atoms in total. The van der Waals surface area contributed by atoms with Gasteiger partial charge >= 0.3 is 0 Å². The number of hydrogen-bond acceptors (Lipinski definition) is 4. The first kappa shape index (κ1) is 14.7. The second-order valence-corrected chi connectivity index (χ2v) is 6.07. The van der Waals surface area contributed by atoms with Crippen LogP contribution in [0.15, 0.2) is 17.6 Å². The quantitative estimate of drug-likeness (QED) is 0.937. The predicted octanol–water partition coefficient (Wildman–Crippen LogP) is 1.91. The van der Waals surface area contributed by atoms with Crippen LogP contribution in [0.2, 0.25) is 0 Å². The van der Waals surface area contributed by atoms with Crippen LogP contribution in [-0.4, -0.2) is 45.2 Å². The maximum absolute atomic E-state index is 12.3. The van der Waals surface area contributed by atoms with Gasteiger partial charge in [0.15, 0.2) is 0 Å². The van der Waals surface area contributed by atoms with Crippen LogP contribution in [0.25, 0.3) is 11.3 Å². The van der Waals surface area contributed by atoms with E-state index in [1.54, 1.807) is 29.9 Å². The third-order valence-electron chi connectivity index (χ3n) is 3.02. The number of carbonyl (C=O) groups excluding carboxylic acids is 1. The SMILES string of the molecule is Cc1nc(-c2cc(C(=O)N(C)CC(C)O)n(C)c2)cs1. The lowest BCUT2D eigenvalue weighted by molar-refractivity contribution is 0.0694. The van der Waals surface area contributed by atoms with Gasteiger partial charge < -0.3 is 14.6 Å². The number of hydrogen-bond donors (Lipinski definition) is 1. The summed E-state index contributed by atoms with van der Waals surface area (Å²) in [5, 5.41) is 12.4. The largest absolute Gasteiger partial charge is 0.392 e. The summed E-state index contributed by atoms with van der Waals surface area (Å²) in [7, 11) is 3.53. The molecule has 1 atom stereocenters. The number of amides is 1. The Kier molecular flexibility index (Phi) is 4.25. The lowest BCUT2D eigenvalue weighted by Crippen LogP contribution is -2.33. The van der Waals surface area contributed by atoms with Crippen molar-refractivity contribution in [1.29, 1.82) is 0 Å². The van der Waals surface area contributed by atoms with E-state index in [9.17, 15) is 9.90 Å². The van der Waals surface area contributed by atoms with Crippen LogP contribution in [0.5, 0.6) is 0 Å². The smallest absolute Gasteiger partial charge is 0.270 e. The molecule has 0 radical (unpaired) electrons. The first-order chi connectivity index (χ1) is 9.38. The van der Waals surface area contributed by atoms with Gasteiger partial charge in [-0.05, 0) is 19.9 Å². The molecule has 2 rings (SSSR count). The van der Waals surface area contributed by atoms with Gasteiger partial charge in [-0.15, -0.1) is 11.3 Å². The fourth-order valence-electron chi connectivity index (χ4n) is 2.09. The van der Waals surface area contributed by atoms with Crippen molar-refractivity contribution in [2.45, 2.75) is 20.0 Å². The lowest BCUT2D eigenvalue weighted by Gasteiger charge is -2.18. The van der Waals surface area contributed by atoms with Gasteiger partial charge in [0.25, 0.3) is 5.91 Å². The molecule has 20 heavy (non-hydrogen) atoms. The summed E-state index contributed by atoms with van der Waals surface area (Å²) < 4.78 is 1.80. The van der Waals surface area contributed by atoms with Gasteiger partial charge in [-0.1, -0.05) is 0 Å². The first-order valence-corrected chi connectivity index (χ1v) is 7.29. The summed E-state index contributed by atoms with van der Waals surface area (Å²) in [6, 6.07) is 1.84. The van der Waals surface area contributed by atoms with E-state index in [2.05, 4.69) is 4.98 Å². The highest BCUT2D eigenvalue weighted by Gasteiger charge is 2.18. The molecule has 0 aromatic carbocycles. The normalized spacial score (nSPS) is 12.4. The molecule has 1 amide bonds. The third-order valence-corrected chi connectivity index (χ3v) is 3.80. The zero-order valence-corrected chi connectivity index (χ0v) is 12.9. The van der Waals surface area contributed by atoms with Crippen LogP contribution in [0, 0.1) is 6.92 Å². The summed E-state index contributed by atoms with van der Waals surface area (Å²) in [6.07, 6.45) is 1.36. The summed E-state index contributed by atoms with van der Waals surface area (Å²) in [5.74, 6) is -0.105. The number of nitrogens with zero attached hydrogens (tertiary/aromatic N) is 3. The Morgan fingerprint density at radius 2 is 2.30 bits per heavy atom. The molecule has 2 aromatic rings. The molecule has 2 heterocycles. The fraction of sp³-hybridized carbons (Fsp3) is 0.429. The number of carbonyl (C=O) groups is 1. The highest BCUT2D eigenvalue weighted by atomic mass is 32.1. The molecule has 0 aliphatic heterocycles. The highest BCUT2D eigenvalue weighted by molar-refractivity contribution is 7.09. The molecule has 2 aromatic heterocycles. The van der Waals surface area contributed by atoms with Crippen LogP contribution in [-0.2, 0) is 7.05 Å². The molecular formula is C14H19N3O2S. The summed E-state index contributed by atoms with van der Waals surface area (Å²) >= 11 is 1.59. The Morgan fingerprint density at radius 1 is 1.60 bits per heavy atom. The van der Waals surface area contributed by atoms with Crippen molar-refractivity contribution in [1.82, 2.24) is 14.5 Å². The molecule has 0 fully saturated rings. The topological polar surface area (TPSA) is 58.4 Å². The van der Waals surface area contributed by atoms with Crippen molar-refractivity contribution in [3.63, 3.8) is 0 Å². The minimum Gasteiger partial charge on any atom is -0.392 e. The van der Waals surface area contributed by atoms with E-state index >= 15 is 0 Å². The summed E-state index contributed by atoms with van der Waals surface area (Å²) in [6.45, 7) is 3.94. The Bertz CT molecular complexity index is 616. The number of aliphatic hydroxyl groups excluding tert-OH is 1. The van der Waals surface area contributed by atoms with E-state index in [0.717, 1.165) is 16.3 Å². The van der Waals surface area contributed by atoms with Crippen molar-refractivity contribution in [2.75, 3.05) is 13.6 Å². The molecule has 0 spiro atoms. The minimum absolute atomic E-state index is 0.105. The average molecular weight is 293 g/mol. The Labute approximate surface area is 122 Å². The Hall–Kier alpha value is -1.66. The predicted molar refractivity (Wildman–Crippen MR) is 79.9 cm³/mol. The summed E-state index contributed by atoms with van der Waals surface area (Å²) in [4.78, 5) is 18.3. The van der Waals surface area contributed by atoms with E-state index in [-0.39, 0.29) is 5.91 Å². The maximum atomic E-state index is 12.3. The number of aliphatic hydroxyl groups is 1. The monoisotopic (exact) mass is 293 g/mol.